The Labute approximate surface area is 148 Å². The largest absolute Gasteiger partial charge is 0.486 e. The third-order valence-corrected chi connectivity index (χ3v) is 5.15. The van der Waals surface area contributed by atoms with Gasteiger partial charge >= 0.3 is 5.97 Å². The highest BCUT2D eigenvalue weighted by Gasteiger charge is 2.32. The third kappa shape index (κ3) is 3.66. The normalized spacial score (nSPS) is 23.0. The van der Waals surface area contributed by atoms with Crippen molar-refractivity contribution in [2.24, 2.45) is 11.8 Å². The van der Waals surface area contributed by atoms with Crippen molar-refractivity contribution < 1.29 is 24.2 Å². The Morgan fingerprint density at radius 1 is 1.25 bits per heavy atom. The van der Waals surface area contributed by atoms with Crippen LogP contribution in [0.2, 0.25) is 0 Å². The summed E-state index contributed by atoms with van der Waals surface area (Å²) < 4.78 is 11.9. The summed E-state index contributed by atoms with van der Waals surface area (Å²) in [7, 11) is 0. The maximum Gasteiger partial charge on any atom is 0.308 e. The molecule has 1 amide bonds. The van der Waals surface area contributed by atoms with Crippen LogP contribution in [-0.4, -0.2) is 48.2 Å². The number of amides is 1. The number of carboxylic acids is 1. The summed E-state index contributed by atoms with van der Waals surface area (Å²) in [5, 5.41) is 9.25. The van der Waals surface area contributed by atoms with Gasteiger partial charge in [0.15, 0.2) is 11.5 Å². The summed E-state index contributed by atoms with van der Waals surface area (Å²) in [6.07, 6.45) is 0.823. The second-order valence-electron chi connectivity index (χ2n) is 6.44. The van der Waals surface area contributed by atoms with E-state index in [1.165, 1.54) is 0 Å². The van der Waals surface area contributed by atoms with Crippen molar-refractivity contribution in [3.8, 4) is 11.5 Å². The highest BCUT2D eigenvalue weighted by molar-refractivity contribution is 9.10. The Balaban J connectivity index is 1.73. The molecule has 2 unspecified atom stereocenters. The third-order valence-electron chi connectivity index (χ3n) is 4.41. The SMILES string of the molecule is CC1CC(C(=O)O)CN(C(=O)Cc2cc3c(cc2Br)OCCO3)C1. The number of likely N-dealkylation sites (tertiary alicyclic amines) is 1. The van der Waals surface area contributed by atoms with Crippen molar-refractivity contribution in [1.29, 1.82) is 0 Å². The molecule has 24 heavy (non-hydrogen) atoms. The maximum atomic E-state index is 12.6. The Bertz CT molecular complexity index is 663. The van der Waals surface area contributed by atoms with E-state index in [4.69, 9.17) is 9.47 Å². The van der Waals surface area contributed by atoms with Crippen LogP contribution in [0.5, 0.6) is 11.5 Å². The second-order valence-corrected chi connectivity index (χ2v) is 7.29. The highest BCUT2D eigenvalue weighted by Crippen LogP contribution is 2.36. The van der Waals surface area contributed by atoms with Crippen molar-refractivity contribution in [1.82, 2.24) is 4.90 Å². The minimum absolute atomic E-state index is 0.0647. The maximum absolute atomic E-state index is 12.6. The van der Waals surface area contributed by atoms with E-state index in [1.807, 2.05) is 19.1 Å². The first kappa shape index (κ1) is 17.1. The molecule has 0 radical (unpaired) electrons. The number of nitrogens with zero attached hydrogens (tertiary/aromatic N) is 1. The van der Waals surface area contributed by atoms with Crippen LogP contribution in [0.25, 0.3) is 0 Å². The van der Waals surface area contributed by atoms with Crippen molar-refractivity contribution in [3.63, 3.8) is 0 Å². The molecule has 2 aliphatic rings. The fourth-order valence-electron chi connectivity index (χ4n) is 3.25. The number of carbonyl (C=O) groups is 2. The number of ether oxygens (including phenoxy) is 2. The average Bonchev–Trinajstić information content (AvgIpc) is 2.54. The van der Waals surface area contributed by atoms with Gasteiger partial charge in [-0.2, -0.15) is 0 Å². The summed E-state index contributed by atoms with van der Waals surface area (Å²) >= 11 is 3.47. The van der Waals surface area contributed by atoms with Gasteiger partial charge in [-0.25, -0.2) is 0 Å². The molecule has 2 heterocycles. The standard InChI is InChI=1S/C17H20BrNO5/c1-10-4-12(17(21)22)9-19(8-10)16(20)6-11-5-14-15(7-13(11)18)24-3-2-23-14/h5,7,10,12H,2-4,6,8-9H2,1H3,(H,21,22). The fraction of sp³-hybridized carbons (Fsp3) is 0.529. The van der Waals surface area contributed by atoms with Crippen LogP contribution in [0, 0.1) is 11.8 Å². The minimum Gasteiger partial charge on any atom is -0.486 e. The van der Waals surface area contributed by atoms with Gasteiger partial charge in [0, 0.05) is 17.6 Å². The van der Waals surface area contributed by atoms with Gasteiger partial charge < -0.3 is 19.5 Å². The minimum atomic E-state index is -0.833. The summed E-state index contributed by atoms with van der Waals surface area (Å²) in [5.41, 5.74) is 0.814. The number of hydrogen-bond donors (Lipinski definition) is 1. The van der Waals surface area contributed by atoms with Gasteiger partial charge in [-0.05, 0) is 30.0 Å². The molecule has 0 spiro atoms. The first-order chi connectivity index (χ1) is 11.4. The van der Waals surface area contributed by atoms with E-state index in [0.717, 1.165) is 10.0 Å². The molecule has 0 bridgehead atoms. The van der Waals surface area contributed by atoms with Gasteiger partial charge in [-0.3, -0.25) is 9.59 Å². The van der Waals surface area contributed by atoms with E-state index >= 15 is 0 Å². The molecule has 2 aliphatic heterocycles. The number of fused-ring (bicyclic) bond motifs is 1. The Morgan fingerprint density at radius 2 is 1.92 bits per heavy atom. The lowest BCUT2D eigenvalue weighted by Gasteiger charge is -2.35. The number of hydrogen-bond acceptors (Lipinski definition) is 4. The van der Waals surface area contributed by atoms with E-state index in [2.05, 4.69) is 15.9 Å². The molecule has 1 aromatic rings. The molecule has 0 saturated carbocycles. The molecular formula is C17H20BrNO5. The molecule has 2 atom stereocenters. The molecule has 7 heteroatoms. The molecule has 130 valence electrons. The van der Waals surface area contributed by atoms with Crippen LogP contribution in [0.1, 0.15) is 18.9 Å². The Kier molecular flexibility index (Phi) is 4.99. The van der Waals surface area contributed by atoms with Crippen molar-refractivity contribution in [2.45, 2.75) is 19.8 Å². The van der Waals surface area contributed by atoms with Crippen molar-refractivity contribution in [2.75, 3.05) is 26.3 Å². The quantitative estimate of drug-likeness (QED) is 0.846. The molecule has 1 N–H and O–H groups in total. The zero-order chi connectivity index (χ0) is 17.3. The van der Waals surface area contributed by atoms with E-state index in [0.29, 0.717) is 37.7 Å². The van der Waals surface area contributed by atoms with Gasteiger partial charge in [-0.1, -0.05) is 22.9 Å². The van der Waals surface area contributed by atoms with E-state index < -0.39 is 11.9 Å². The number of aliphatic carboxylic acids is 1. The second kappa shape index (κ2) is 7.01. The van der Waals surface area contributed by atoms with E-state index in [-0.39, 0.29) is 24.8 Å². The molecule has 3 rings (SSSR count). The lowest BCUT2D eigenvalue weighted by Crippen LogP contribution is -2.46. The van der Waals surface area contributed by atoms with Crippen LogP contribution < -0.4 is 9.47 Å². The first-order valence-corrected chi connectivity index (χ1v) is 8.82. The Hall–Kier alpha value is -1.76. The number of halogens is 1. The molecule has 1 fully saturated rings. The molecule has 1 saturated heterocycles. The molecule has 0 aliphatic carbocycles. The number of piperidine rings is 1. The summed E-state index contributed by atoms with van der Waals surface area (Å²) in [5.74, 6) is 0.114. The van der Waals surface area contributed by atoms with E-state index in [1.54, 1.807) is 4.90 Å². The number of carboxylic acid groups (broad SMARTS) is 1. The van der Waals surface area contributed by atoms with Gasteiger partial charge in [0.25, 0.3) is 0 Å². The number of rotatable bonds is 3. The topological polar surface area (TPSA) is 76.1 Å². The van der Waals surface area contributed by atoms with Gasteiger partial charge in [0.1, 0.15) is 13.2 Å². The van der Waals surface area contributed by atoms with Crippen LogP contribution in [0.15, 0.2) is 16.6 Å². The van der Waals surface area contributed by atoms with Crippen molar-refractivity contribution in [3.05, 3.63) is 22.2 Å². The monoisotopic (exact) mass is 397 g/mol. The molecule has 0 aromatic heterocycles. The van der Waals surface area contributed by atoms with Crippen LogP contribution in [-0.2, 0) is 16.0 Å². The van der Waals surface area contributed by atoms with Crippen molar-refractivity contribution >= 4 is 27.8 Å². The van der Waals surface area contributed by atoms with Crippen LogP contribution in [0.4, 0.5) is 0 Å². The fourth-order valence-corrected chi connectivity index (χ4v) is 3.71. The van der Waals surface area contributed by atoms with Crippen LogP contribution >= 0.6 is 15.9 Å². The lowest BCUT2D eigenvalue weighted by molar-refractivity contribution is -0.146. The molecular weight excluding hydrogens is 378 g/mol. The average molecular weight is 398 g/mol. The summed E-state index contributed by atoms with van der Waals surface area (Å²) in [6, 6.07) is 3.63. The summed E-state index contributed by atoms with van der Waals surface area (Å²) in [4.78, 5) is 25.6. The van der Waals surface area contributed by atoms with Gasteiger partial charge in [0.05, 0.1) is 12.3 Å². The Morgan fingerprint density at radius 3 is 2.58 bits per heavy atom. The number of carbonyl (C=O) groups excluding carboxylic acids is 1. The van der Waals surface area contributed by atoms with Gasteiger partial charge in [-0.15, -0.1) is 0 Å². The predicted octanol–water partition coefficient (Wildman–Crippen LogP) is 2.33. The smallest absolute Gasteiger partial charge is 0.308 e. The first-order valence-electron chi connectivity index (χ1n) is 8.02. The molecule has 1 aromatic carbocycles. The van der Waals surface area contributed by atoms with E-state index in [9.17, 15) is 14.7 Å². The predicted molar refractivity (Wildman–Crippen MR) is 90.3 cm³/mol. The highest BCUT2D eigenvalue weighted by atomic mass is 79.9. The summed E-state index contributed by atoms with van der Waals surface area (Å²) in [6.45, 7) is 3.87. The number of benzene rings is 1. The lowest BCUT2D eigenvalue weighted by atomic mass is 9.90. The zero-order valence-electron chi connectivity index (χ0n) is 13.5. The molecule has 6 nitrogen and oxygen atoms in total. The van der Waals surface area contributed by atoms with Gasteiger partial charge in [0.2, 0.25) is 5.91 Å². The zero-order valence-corrected chi connectivity index (χ0v) is 15.0. The van der Waals surface area contributed by atoms with Crippen LogP contribution in [0.3, 0.4) is 0 Å².